The maximum Gasteiger partial charge on any atom is 0.235 e. The van der Waals surface area contributed by atoms with Crippen molar-refractivity contribution in [2.45, 2.75) is 31.2 Å². The van der Waals surface area contributed by atoms with Crippen molar-refractivity contribution >= 4 is 22.0 Å². The van der Waals surface area contributed by atoms with Crippen LogP contribution in [0.1, 0.15) is 30.4 Å². The lowest BCUT2D eigenvalue weighted by molar-refractivity contribution is 0.0384. The molecule has 4 nitrogen and oxygen atoms in total. The summed E-state index contributed by atoms with van der Waals surface area (Å²) >= 11 is 3.69. The number of benzene rings is 1. The van der Waals surface area contributed by atoms with Gasteiger partial charge in [-0.15, -0.1) is 0 Å². The number of hydrogen-bond acceptors (Lipinski definition) is 4. The SMILES string of the molecule is O=C=NC1(c2ccc(CCN3CCOCC3)c(Br)c2)CCC1. The maximum atomic E-state index is 10.7. The van der Waals surface area contributed by atoms with E-state index in [-0.39, 0.29) is 5.54 Å². The van der Waals surface area contributed by atoms with Crippen molar-refractivity contribution in [3.8, 4) is 0 Å². The first-order valence-electron chi connectivity index (χ1n) is 7.92. The second-order valence-corrected chi connectivity index (χ2v) is 6.95. The van der Waals surface area contributed by atoms with Crippen molar-refractivity contribution in [1.82, 2.24) is 4.90 Å². The fourth-order valence-corrected chi connectivity index (χ4v) is 3.78. The van der Waals surface area contributed by atoms with Crippen molar-refractivity contribution in [3.05, 3.63) is 33.8 Å². The largest absolute Gasteiger partial charge is 0.379 e. The average Bonchev–Trinajstić information content (AvgIpc) is 2.51. The van der Waals surface area contributed by atoms with Crippen molar-refractivity contribution in [2.75, 3.05) is 32.8 Å². The molecule has 1 aliphatic heterocycles. The summed E-state index contributed by atoms with van der Waals surface area (Å²) in [7, 11) is 0. The molecule has 22 heavy (non-hydrogen) atoms. The summed E-state index contributed by atoms with van der Waals surface area (Å²) < 4.78 is 6.49. The lowest BCUT2D eigenvalue weighted by Gasteiger charge is -2.37. The first kappa shape index (κ1) is 15.9. The third-order valence-corrected chi connectivity index (χ3v) is 5.57. The Labute approximate surface area is 139 Å². The van der Waals surface area contributed by atoms with Crippen molar-refractivity contribution in [1.29, 1.82) is 0 Å². The van der Waals surface area contributed by atoms with Gasteiger partial charge in [0, 0.05) is 24.1 Å². The van der Waals surface area contributed by atoms with Crippen LogP contribution >= 0.6 is 15.9 Å². The highest BCUT2D eigenvalue weighted by Gasteiger charge is 2.39. The van der Waals surface area contributed by atoms with Gasteiger partial charge in [-0.3, -0.25) is 4.90 Å². The third-order valence-electron chi connectivity index (χ3n) is 4.83. The summed E-state index contributed by atoms with van der Waals surface area (Å²) in [6, 6.07) is 6.42. The van der Waals surface area contributed by atoms with Gasteiger partial charge >= 0.3 is 0 Å². The molecule has 5 heteroatoms. The highest BCUT2D eigenvalue weighted by atomic mass is 79.9. The molecule has 1 saturated carbocycles. The first-order chi connectivity index (χ1) is 10.7. The molecule has 0 bridgehead atoms. The highest BCUT2D eigenvalue weighted by molar-refractivity contribution is 9.10. The molecule has 0 radical (unpaired) electrons. The molecule has 118 valence electrons. The molecule has 1 heterocycles. The third kappa shape index (κ3) is 3.33. The molecular weight excluding hydrogens is 344 g/mol. The fraction of sp³-hybridized carbons (Fsp3) is 0.588. The zero-order valence-corrected chi connectivity index (χ0v) is 14.3. The molecule has 0 spiro atoms. The van der Waals surface area contributed by atoms with E-state index in [1.807, 2.05) is 0 Å². The minimum Gasteiger partial charge on any atom is -0.379 e. The van der Waals surface area contributed by atoms with Gasteiger partial charge in [0.15, 0.2) is 0 Å². The Balaban J connectivity index is 1.68. The Morgan fingerprint density at radius 3 is 2.68 bits per heavy atom. The maximum absolute atomic E-state index is 10.7. The number of rotatable bonds is 5. The number of aliphatic imine (C=N–C) groups is 1. The van der Waals surface area contributed by atoms with E-state index < -0.39 is 0 Å². The minimum absolute atomic E-state index is 0.312. The summed E-state index contributed by atoms with van der Waals surface area (Å²) in [6.07, 6.45) is 5.79. The molecule has 0 amide bonds. The van der Waals surface area contributed by atoms with Crippen LogP contribution in [0.3, 0.4) is 0 Å². The van der Waals surface area contributed by atoms with Crippen LogP contribution in [0.2, 0.25) is 0 Å². The molecule has 1 aliphatic carbocycles. The Morgan fingerprint density at radius 1 is 1.32 bits per heavy atom. The fourth-order valence-electron chi connectivity index (χ4n) is 3.21. The van der Waals surface area contributed by atoms with Crippen LogP contribution in [-0.2, 0) is 21.5 Å². The van der Waals surface area contributed by atoms with Crippen LogP contribution in [0.25, 0.3) is 0 Å². The van der Waals surface area contributed by atoms with Gasteiger partial charge in [0.2, 0.25) is 6.08 Å². The zero-order valence-electron chi connectivity index (χ0n) is 12.7. The molecule has 0 atom stereocenters. The van der Waals surface area contributed by atoms with Gasteiger partial charge < -0.3 is 4.74 Å². The van der Waals surface area contributed by atoms with Gasteiger partial charge in [0.1, 0.15) is 0 Å². The van der Waals surface area contributed by atoms with E-state index in [9.17, 15) is 4.79 Å². The van der Waals surface area contributed by atoms with Gasteiger partial charge in [0.05, 0.1) is 18.8 Å². The van der Waals surface area contributed by atoms with E-state index in [0.29, 0.717) is 0 Å². The molecule has 1 aromatic rings. The van der Waals surface area contributed by atoms with Gasteiger partial charge in [0.25, 0.3) is 0 Å². The van der Waals surface area contributed by atoms with Crippen molar-refractivity contribution in [2.24, 2.45) is 4.99 Å². The zero-order chi connectivity index (χ0) is 15.4. The number of nitrogens with zero attached hydrogens (tertiary/aromatic N) is 2. The summed E-state index contributed by atoms with van der Waals surface area (Å²) in [5.41, 5.74) is 2.12. The first-order valence-corrected chi connectivity index (χ1v) is 8.71. The number of morpholine rings is 1. The minimum atomic E-state index is -0.312. The van der Waals surface area contributed by atoms with E-state index in [1.54, 1.807) is 6.08 Å². The molecule has 2 aliphatic rings. The van der Waals surface area contributed by atoms with Crippen LogP contribution in [0.5, 0.6) is 0 Å². The molecule has 1 saturated heterocycles. The summed E-state index contributed by atoms with van der Waals surface area (Å²) in [4.78, 5) is 17.2. The predicted octanol–water partition coefficient (Wildman–Crippen LogP) is 3.04. The van der Waals surface area contributed by atoms with Crippen molar-refractivity contribution in [3.63, 3.8) is 0 Å². The number of halogens is 1. The Kier molecular flexibility index (Phi) is 5.09. The quantitative estimate of drug-likeness (QED) is 0.595. The van der Waals surface area contributed by atoms with Gasteiger partial charge in [-0.1, -0.05) is 28.1 Å². The number of isocyanates is 1. The van der Waals surface area contributed by atoms with Crippen molar-refractivity contribution < 1.29 is 9.53 Å². The topological polar surface area (TPSA) is 41.9 Å². The Hall–Kier alpha value is -1.00. The molecule has 0 N–H and O–H groups in total. The van der Waals surface area contributed by atoms with E-state index >= 15 is 0 Å². The standard InChI is InChI=1S/C17H21BrN2O2/c18-16-12-15(17(19-13-21)5-1-6-17)3-2-14(16)4-7-20-8-10-22-11-9-20/h2-3,12H,1,4-11H2. The average molecular weight is 365 g/mol. The molecule has 0 aromatic heterocycles. The van der Waals surface area contributed by atoms with E-state index in [1.165, 1.54) is 5.56 Å². The van der Waals surface area contributed by atoms with Crippen LogP contribution in [0.4, 0.5) is 0 Å². The van der Waals surface area contributed by atoms with Gasteiger partial charge in [-0.25, -0.2) is 4.79 Å². The van der Waals surface area contributed by atoms with Crippen LogP contribution < -0.4 is 0 Å². The van der Waals surface area contributed by atoms with Crippen LogP contribution in [0.15, 0.2) is 27.7 Å². The summed E-state index contributed by atoms with van der Waals surface area (Å²) in [6.45, 7) is 4.78. The lowest BCUT2D eigenvalue weighted by Crippen LogP contribution is -2.37. The molecular formula is C17H21BrN2O2. The normalized spacial score (nSPS) is 21.0. The highest BCUT2D eigenvalue weighted by Crippen LogP contribution is 2.45. The van der Waals surface area contributed by atoms with Crippen LogP contribution in [0, 0.1) is 0 Å². The Morgan fingerprint density at radius 2 is 2.09 bits per heavy atom. The van der Waals surface area contributed by atoms with Gasteiger partial charge in [-0.05, 0) is 42.9 Å². The number of carbonyl (C=O) groups excluding carboxylic acids is 1. The lowest BCUT2D eigenvalue weighted by atomic mass is 9.72. The second-order valence-electron chi connectivity index (χ2n) is 6.10. The molecule has 0 unspecified atom stereocenters. The summed E-state index contributed by atoms with van der Waals surface area (Å²) in [5, 5.41) is 0. The summed E-state index contributed by atoms with van der Waals surface area (Å²) in [5.74, 6) is 0. The monoisotopic (exact) mass is 364 g/mol. The molecule has 3 rings (SSSR count). The number of hydrogen-bond donors (Lipinski definition) is 0. The smallest absolute Gasteiger partial charge is 0.235 e. The van der Waals surface area contributed by atoms with Crippen LogP contribution in [-0.4, -0.2) is 43.8 Å². The van der Waals surface area contributed by atoms with E-state index in [2.05, 4.69) is 44.0 Å². The van der Waals surface area contributed by atoms with Gasteiger partial charge in [-0.2, -0.15) is 4.99 Å². The van der Waals surface area contributed by atoms with E-state index in [0.717, 1.165) is 68.6 Å². The Bertz CT molecular complexity index is 574. The second kappa shape index (κ2) is 7.05. The van der Waals surface area contributed by atoms with E-state index in [4.69, 9.17) is 4.74 Å². The predicted molar refractivity (Wildman–Crippen MR) is 88.8 cm³/mol. The number of ether oxygens (including phenoxy) is 1. The molecule has 1 aromatic carbocycles. The molecule has 2 fully saturated rings.